The predicted molar refractivity (Wildman–Crippen MR) is 63.2 cm³/mol. The van der Waals surface area contributed by atoms with Gasteiger partial charge in [0.25, 0.3) is 5.56 Å². The fraction of sp³-hybridized carbons (Fsp3) is 0. The molecule has 0 aliphatic carbocycles. The van der Waals surface area contributed by atoms with E-state index in [1.807, 2.05) is 40.9 Å². The summed E-state index contributed by atoms with van der Waals surface area (Å²) in [5.74, 6) is 0. The molecule has 74 valence electrons. The molecule has 2 aromatic heterocycles. The van der Waals surface area contributed by atoms with E-state index >= 15 is 0 Å². The summed E-state index contributed by atoms with van der Waals surface area (Å²) in [4.78, 5) is 14.6. The number of benzene rings is 1. The van der Waals surface area contributed by atoms with Crippen molar-refractivity contribution in [1.29, 1.82) is 0 Å². The molecule has 0 unspecified atom stereocenters. The van der Waals surface area contributed by atoms with Gasteiger partial charge >= 0.3 is 0 Å². The minimum atomic E-state index is -0.0782. The number of hydrogen-bond acceptors (Lipinski definition) is 1. The van der Waals surface area contributed by atoms with E-state index in [1.165, 1.54) is 0 Å². The number of para-hydroxylation sites is 2. The largest absolute Gasteiger partial charge is 0.319 e. The number of halogens is 1. The second-order valence-corrected chi connectivity index (χ2v) is 4.21. The van der Waals surface area contributed by atoms with Gasteiger partial charge in [0, 0.05) is 10.7 Å². The van der Waals surface area contributed by atoms with Gasteiger partial charge in [-0.3, -0.25) is 4.79 Å². The Balaban J connectivity index is 2.71. The molecule has 4 heteroatoms. The van der Waals surface area contributed by atoms with Crippen molar-refractivity contribution in [3.05, 3.63) is 51.4 Å². The van der Waals surface area contributed by atoms with Crippen molar-refractivity contribution in [3.63, 3.8) is 0 Å². The van der Waals surface area contributed by atoms with E-state index in [9.17, 15) is 4.79 Å². The molecule has 0 saturated heterocycles. The Hall–Kier alpha value is -1.55. The van der Waals surface area contributed by atoms with Gasteiger partial charge in [-0.05, 0) is 34.1 Å². The molecule has 2 heterocycles. The maximum Gasteiger partial charge on any atom is 0.273 e. The lowest BCUT2D eigenvalue weighted by atomic mass is 10.3. The molecule has 0 aliphatic heterocycles. The molecule has 1 N–H and O–H groups in total. The molecule has 3 aromatic rings. The van der Waals surface area contributed by atoms with Gasteiger partial charge in [-0.25, -0.2) is 0 Å². The zero-order valence-electron chi connectivity index (χ0n) is 7.70. The molecule has 3 rings (SSSR count). The molecular weight excluding hydrogens is 256 g/mol. The lowest BCUT2D eigenvalue weighted by Gasteiger charge is -2.01. The van der Waals surface area contributed by atoms with Gasteiger partial charge in [-0.15, -0.1) is 0 Å². The Bertz CT molecular complexity index is 711. The van der Waals surface area contributed by atoms with Crippen molar-refractivity contribution in [2.45, 2.75) is 0 Å². The van der Waals surface area contributed by atoms with E-state index in [2.05, 4.69) is 20.9 Å². The van der Waals surface area contributed by atoms with Crippen LogP contribution in [-0.2, 0) is 0 Å². The van der Waals surface area contributed by atoms with Crippen LogP contribution in [0.15, 0.2) is 45.8 Å². The highest BCUT2D eigenvalue weighted by Crippen LogP contribution is 2.19. The van der Waals surface area contributed by atoms with Crippen molar-refractivity contribution in [2.75, 3.05) is 0 Å². The molecular formula is C11H7BrN2O. The number of H-pyrrole nitrogens is 1. The third-order valence-corrected chi connectivity index (χ3v) is 3.10. The van der Waals surface area contributed by atoms with E-state index in [1.54, 1.807) is 0 Å². The Morgan fingerprint density at radius 1 is 1.20 bits per heavy atom. The summed E-state index contributed by atoms with van der Waals surface area (Å²) in [5, 5.41) is 0. The zero-order valence-corrected chi connectivity index (χ0v) is 9.28. The Morgan fingerprint density at radius 2 is 2.00 bits per heavy atom. The molecule has 0 bridgehead atoms. The van der Waals surface area contributed by atoms with E-state index in [4.69, 9.17) is 0 Å². The summed E-state index contributed by atoms with van der Waals surface area (Å²) in [6.45, 7) is 0. The molecule has 0 radical (unpaired) electrons. The molecule has 3 nitrogen and oxygen atoms in total. The SMILES string of the molecule is O=c1[nH]c2ccccc2n2ccc(Br)c12. The van der Waals surface area contributed by atoms with Crippen molar-refractivity contribution in [2.24, 2.45) is 0 Å². The van der Waals surface area contributed by atoms with Crippen molar-refractivity contribution in [1.82, 2.24) is 9.38 Å². The third-order valence-electron chi connectivity index (χ3n) is 2.46. The summed E-state index contributed by atoms with van der Waals surface area (Å²) in [6, 6.07) is 9.60. The highest BCUT2D eigenvalue weighted by atomic mass is 79.9. The van der Waals surface area contributed by atoms with Gasteiger partial charge in [-0.1, -0.05) is 12.1 Å². The topological polar surface area (TPSA) is 37.3 Å². The van der Waals surface area contributed by atoms with Crippen LogP contribution in [-0.4, -0.2) is 9.38 Å². The summed E-state index contributed by atoms with van der Waals surface area (Å²) in [6.07, 6.45) is 1.89. The third kappa shape index (κ3) is 1.15. The van der Waals surface area contributed by atoms with Gasteiger partial charge in [0.1, 0.15) is 5.52 Å². The number of nitrogens with one attached hydrogen (secondary N) is 1. The van der Waals surface area contributed by atoms with E-state index in [-0.39, 0.29) is 5.56 Å². The summed E-state index contributed by atoms with van der Waals surface area (Å²) in [7, 11) is 0. The van der Waals surface area contributed by atoms with Gasteiger partial charge < -0.3 is 9.38 Å². The minimum Gasteiger partial charge on any atom is -0.319 e. The predicted octanol–water partition coefficient (Wildman–Crippen LogP) is 2.54. The standard InChI is InChI=1S/C11H7BrN2O/c12-7-5-6-14-9-4-2-1-3-8(9)13-11(15)10(7)14/h1-6H,(H,13,15). The van der Waals surface area contributed by atoms with Crippen LogP contribution in [0.2, 0.25) is 0 Å². The zero-order chi connectivity index (χ0) is 10.4. The lowest BCUT2D eigenvalue weighted by molar-refractivity contribution is 1.19. The first-order valence-electron chi connectivity index (χ1n) is 4.55. The minimum absolute atomic E-state index is 0.0782. The average molecular weight is 263 g/mol. The van der Waals surface area contributed by atoms with Crippen LogP contribution in [0.3, 0.4) is 0 Å². The molecule has 0 saturated carbocycles. The first-order valence-corrected chi connectivity index (χ1v) is 5.34. The van der Waals surface area contributed by atoms with Crippen LogP contribution in [0.25, 0.3) is 16.6 Å². The van der Waals surface area contributed by atoms with Crippen molar-refractivity contribution < 1.29 is 0 Å². The molecule has 0 fully saturated rings. The Kier molecular flexibility index (Phi) is 1.73. The van der Waals surface area contributed by atoms with Crippen molar-refractivity contribution in [3.8, 4) is 0 Å². The second-order valence-electron chi connectivity index (χ2n) is 3.35. The average Bonchev–Trinajstić information content (AvgIpc) is 2.62. The second kappa shape index (κ2) is 2.97. The monoisotopic (exact) mass is 262 g/mol. The van der Waals surface area contributed by atoms with Crippen LogP contribution in [0.4, 0.5) is 0 Å². The fourth-order valence-electron chi connectivity index (χ4n) is 1.80. The van der Waals surface area contributed by atoms with Gasteiger partial charge in [-0.2, -0.15) is 0 Å². The Labute approximate surface area is 93.5 Å². The maximum atomic E-state index is 11.8. The van der Waals surface area contributed by atoms with E-state index in [0.717, 1.165) is 15.5 Å². The van der Waals surface area contributed by atoms with Crippen molar-refractivity contribution >= 4 is 32.5 Å². The Morgan fingerprint density at radius 3 is 2.87 bits per heavy atom. The summed E-state index contributed by atoms with van der Waals surface area (Å²) in [5.41, 5.74) is 2.41. The molecule has 0 amide bonds. The number of aromatic nitrogens is 2. The molecule has 0 atom stereocenters. The highest BCUT2D eigenvalue weighted by molar-refractivity contribution is 9.10. The van der Waals surface area contributed by atoms with Gasteiger partial charge in [0.05, 0.1) is 11.0 Å². The number of aromatic amines is 1. The molecule has 0 spiro atoms. The summed E-state index contributed by atoms with van der Waals surface area (Å²) < 4.78 is 2.70. The van der Waals surface area contributed by atoms with Crippen LogP contribution in [0.5, 0.6) is 0 Å². The highest BCUT2D eigenvalue weighted by Gasteiger charge is 2.07. The lowest BCUT2D eigenvalue weighted by Crippen LogP contribution is -2.09. The van der Waals surface area contributed by atoms with Crippen LogP contribution in [0.1, 0.15) is 0 Å². The van der Waals surface area contributed by atoms with Crippen LogP contribution in [0, 0.1) is 0 Å². The van der Waals surface area contributed by atoms with Crippen LogP contribution >= 0.6 is 15.9 Å². The smallest absolute Gasteiger partial charge is 0.273 e. The fourth-order valence-corrected chi connectivity index (χ4v) is 2.29. The quantitative estimate of drug-likeness (QED) is 0.665. The number of nitrogens with zero attached hydrogens (tertiary/aromatic N) is 1. The maximum absolute atomic E-state index is 11.8. The van der Waals surface area contributed by atoms with E-state index < -0.39 is 0 Å². The molecule has 0 aliphatic rings. The normalized spacial score (nSPS) is 11.3. The van der Waals surface area contributed by atoms with Gasteiger partial charge in [0.15, 0.2) is 0 Å². The first-order chi connectivity index (χ1) is 7.27. The molecule has 1 aromatic carbocycles. The number of fused-ring (bicyclic) bond motifs is 3. The summed E-state index contributed by atoms with van der Waals surface area (Å²) >= 11 is 3.36. The number of rotatable bonds is 0. The van der Waals surface area contributed by atoms with Gasteiger partial charge in [0.2, 0.25) is 0 Å². The molecule has 15 heavy (non-hydrogen) atoms. The van der Waals surface area contributed by atoms with Crippen LogP contribution < -0.4 is 5.56 Å². The van der Waals surface area contributed by atoms with E-state index in [0.29, 0.717) is 5.52 Å². The number of hydrogen-bond donors (Lipinski definition) is 1. The first kappa shape index (κ1) is 8.73.